The molecule has 1 aliphatic carbocycles. The summed E-state index contributed by atoms with van der Waals surface area (Å²) in [5.74, 6) is 1.23. The van der Waals surface area contributed by atoms with Crippen LogP contribution in [0.15, 0.2) is 0 Å². The van der Waals surface area contributed by atoms with Crippen molar-refractivity contribution in [3.8, 4) is 0 Å². The average Bonchev–Trinajstić information content (AvgIpc) is 3.05. The number of rotatable bonds is 6. The summed E-state index contributed by atoms with van der Waals surface area (Å²) in [7, 11) is 0. The number of amides is 1. The van der Waals surface area contributed by atoms with E-state index in [1.165, 1.54) is 25.7 Å². The highest BCUT2D eigenvalue weighted by atomic mass is 35.5. The smallest absolute Gasteiger partial charge is 0.222 e. The molecule has 4 heteroatoms. The van der Waals surface area contributed by atoms with Crippen molar-refractivity contribution in [1.29, 1.82) is 0 Å². The zero-order valence-electron chi connectivity index (χ0n) is 12.2. The quantitative estimate of drug-likeness (QED) is 0.815. The Morgan fingerprint density at radius 3 is 2.58 bits per heavy atom. The maximum absolute atomic E-state index is 12.4. The fourth-order valence-electron chi connectivity index (χ4n) is 3.43. The van der Waals surface area contributed by atoms with Gasteiger partial charge in [-0.05, 0) is 31.7 Å². The molecule has 0 bridgehead atoms. The van der Waals surface area contributed by atoms with Gasteiger partial charge in [-0.3, -0.25) is 4.79 Å². The molecule has 19 heavy (non-hydrogen) atoms. The van der Waals surface area contributed by atoms with E-state index in [1.54, 1.807) is 0 Å². The fourth-order valence-corrected chi connectivity index (χ4v) is 3.43. The van der Waals surface area contributed by atoms with Crippen molar-refractivity contribution < 1.29 is 4.79 Å². The second-order valence-electron chi connectivity index (χ2n) is 5.92. The third-order valence-corrected chi connectivity index (χ3v) is 4.50. The van der Waals surface area contributed by atoms with Gasteiger partial charge < -0.3 is 10.2 Å². The van der Waals surface area contributed by atoms with Gasteiger partial charge in [0.15, 0.2) is 0 Å². The van der Waals surface area contributed by atoms with Crippen LogP contribution in [0.3, 0.4) is 0 Å². The Balaban J connectivity index is 0.00000180. The van der Waals surface area contributed by atoms with E-state index >= 15 is 0 Å². The predicted molar refractivity (Wildman–Crippen MR) is 81.7 cm³/mol. The summed E-state index contributed by atoms with van der Waals surface area (Å²) < 4.78 is 0. The molecule has 0 aromatic rings. The standard InChI is InChI=1S/C15H28N2O.ClH/c1-2-11-17(14-9-10-16-12-14)15(18)8-7-13-5-3-4-6-13;/h13-14,16H,2-12H2,1H3;1H. The van der Waals surface area contributed by atoms with Gasteiger partial charge in [0.25, 0.3) is 0 Å². The van der Waals surface area contributed by atoms with Crippen molar-refractivity contribution in [2.75, 3.05) is 19.6 Å². The molecule has 1 saturated heterocycles. The van der Waals surface area contributed by atoms with Gasteiger partial charge in [-0.1, -0.05) is 32.6 Å². The van der Waals surface area contributed by atoms with E-state index in [0.717, 1.165) is 51.2 Å². The summed E-state index contributed by atoms with van der Waals surface area (Å²) in [4.78, 5) is 14.5. The molecule has 0 aromatic heterocycles. The number of hydrogen-bond acceptors (Lipinski definition) is 2. The van der Waals surface area contributed by atoms with Crippen molar-refractivity contribution in [3.63, 3.8) is 0 Å². The third kappa shape index (κ3) is 4.96. The minimum absolute atomic E-state index is 0. The lowest BCUT2D eigenvalue weighted by atomic mass is 10.0. The molecule has 0 radical (unpaired) electrons. The summed E-state index contributed by atoms with van der Waals surface area (Å²) in [6.07, 6.45) is 9.58. The molecular formula is C15H29ClN2O. The van der Waals surface area contributed by atoms with E-state index in [4.69, 9.17) is 0 Å². The first-order valence-corrected chi connectivity index (χ1v) is 7.81. The molecule has 2 rings (SSSR count). The van der Waals surface area contributed by atoms with E-state index in [9.17, 15) is 4.79 Å². The summed E-state index contributed by atoms with van der Waals surface area (Å²) >= 11 is 0. The van der Waals surface area contributed by atoms with Crippen molar-refractivity contribution in [2.45, 2.75) is 64.3 Å². The molecule has 112 valence electrons. The SMILES string of the molecule is CCCN(C(=O)CCC1CCCC1)C1CCNC1.Cl. The minimum atomic E-state index is 0. The number of carbonyl (C=O) groups is 1. The first kappa shape index (κ1) is 16.8. The maximum Gasteiger partial charge on any atom is 0.222 e. The second-order valence-corrected chi connectivity index (χ2v) is 5.92. The molecule has 1 amide bonds. The lowest BCUT2D eigenvalue weighted by Crippen LogP contribution is -2.42. The van der Waals surface area contributed by atoms with Crippen LogP contribution in [0.2, 0.25) is 0 Å². The lowest BCUT2D eigenvalue weighted by molar-refractivity contribution is -0.133. The van der Waals surface area contributed by atoms with Gasteiger partial charge in [-0.25, -0.2) is 0 Å². The van der Waals surface area contributed by atoms with Gasteiger partial charge in [0.05, 0.1) is 0 Å². The van der Waals surface area contributed by atoms with Crippen molar-refractivity contribution >= 4 is 18.3 Å². The zero-order chi connectivity index (χ0) is 12.8. The molecular weight excluding hydrogens is 260 g/mol. The highest BCUT2D eigenvalue weighted by Crippen LogP contribution is 2.29. The first-order chi connectivity index (χ1) is 8.81. The molecule has 0 aromatic carbocycles. The van der Waals surface area contributed by atoms with E-state index in [-0.39, 0.29) is 12.4 Å². The Labute approximate surface area is 123 Å². The van der Waals surface area contributed by atoms with Crippen LogP contribution in [0.4, 0.5) is 0 Å². The summed E-state index contributed by atoms with van der Waals surface area (Å²) in [6.45, 7) is 5.17. The molecule has 2 fully saturated rings. The molecule has 3 nitrogen and oxygen atoms in total. The Hall–Kier alpha value is -0.280. The van der Waals surface area contributed by atoms with Crippen LogP contribution in [0.1, 0.15) is 58.3 Å². The molecule has 1 aliphatic heterocycles. The van der Waals surface area contributed by atoms with Crippen LogP contribution >= 0.6 is 12.4 Å². The number of halogens is 1. The van der Waals surface area contributed by atoms with Crippen LogP contribution in [-0.4, -0.2) is 36.5 Å². The largest absolute Gasteiger partial charge is 0.338 e. The molecule has 1 unspecified atom stereocenters. The normalized spacial score (nSPS) is 23.3. The topological polar surface area (TPSA) is 32.3 Å². The monoisotopic (exact) mass is 288 g/mol. The Bertz CT molecular complexity index is 261. The number of carbonyl (C=O) groups excluding carboxylic acids is 1. The van der Waals surface area contributed by atoms with Crippen LogP contribution < -0.4 is 5.32 Å². The van der Waals surface area contributed by atoms with Crippen LogP contribution in [-0.2, 0) is 4.79 Å². The Morgan fingerprint density at radius 1 is 1.26 bits per heavy atom. The third-order valence-electron chi connectivity index (χ3n) is 4.50. The van der Waals surface area contributed by atoms with Gasteiger partial charge in [0.2, 0.25) is 5.91 Å². The zero-order valence-corrected chi connectivity index (χ0v) is 13.0. The molecule has 1 saturated carbocycles. The fraction of sp³-hybridized carbons (Fsp3) is 0.933. The van der Waals surface area contributed by atoms with Gasteiger partial charge in [0, 0.05) is 25.6 Å². The van der Waals surface area contributed by atoms with Crippen LogP contribution in [0.5, 0.6) is 0 Å². The Kier molecular flexibility index (Phi) is 7.77. The first-order valence-electron chi connectivity index (χ1n) is 7.81. The average molecular weight is 289 g/mol. The Morgan fingerprint density at radius 2 is 2.00 bits per heavy atom. The van der Waals surface area contributed by atoms with Gasteiger partial charge in [0.1, 0.15) is 0 Å². The molecule has 1 heterocycles. The van der Waals surface area contributed by atoms with Crippen molar-refractivity contribution in [3.05, 3.63) is 0 Å². The summed E-state index contributed by atoms with van der Waals surface area (Å²) in [5.41, 5.74) is 0. The predicted octanol–water partition coefficient (Wildman–Crippen LogP) is 2.98. The molecule has 1 N–H and O–H groups in total. The summed E-state index contributed by atoms with van der Waals surface area (Å²) in [6, 6.07) is 0.459. The summed E-state index contributed by atoms with van der Waals surface area (Å²) in [5, 5.41) is 3.37. The van der Waals surface area contributed by atoms with E-state index in [2.05, 4.69) is 17.1 Å². The molecule has 0 spiro atoms. The van der Waals surface area contributed by atoms with E-state index < -0.39 is 0 Å². The number of nitrogens with zero attached hydrogens (tertiary/aromatic N) is 1. The second kappa shape index (κ2) is 8.80. The lowest BCUT2D eigenvalue weighted by Gasteiger charge is -2.28. The van der Waals surface area contributed by atoms with Gasteiger partial charge in [-0.15, -0.1) is 12.4 Å². The van der Waals surface area contributed by atoms with Crippen molar-refractivity contribution in [1.82, 2.24) is 10.2 Å². The molecule has 1 atom stereocenters. The highest BCUT2D eigenvalue weighted by molar-refractivity contribution is 5.85. The van der Waals surface area contributed by atoms with E-state index in [1.807, 2.05) is 0 Å². The highest BCUT2D eigenvalue weighted by Gasteiger charge is 2.26. The van der Waals surface area contributed by atoms with Crippen LogP contribution in [0, 0.1) is 5.92 Å². The van der Waals surface area contributed by atoms with E-state index in [0.29, 0.717) is 11.9 Å². The maximum atomic E-state index is 12.4. The molecule has 2 aliphatic rings. The van der Waals surface area contributed by atoms with Gasteiger partial charge >= 0.3 is 0 Å². The van der Waals surface area contributed by atoms with Gasteiger partial charge in [-0.2, -0.15) is 0 Å². The minimum Gasteiger partial charge on any atom is -0.338 e. The van der Waals surface area contributed by atoms with Crippen LogP contribution in [0.25, 0.3) is 0 Å². The van der Waals surface area contributed by atoms with Crippen molar-refractivity contribution in [2.24, 2.45) is 5.92 Å². The number of nitrogens with one attached hydrogen (secondary N) is 1. The number of hydrogen-bond donors (Lipinski definition) is 1.